The van der Waals surface area contributed by atoms with Crippen molar-refractivity contribution in [2.45, 2.75) is 29.5 Å². The number of carbonyl (C=O) groups is 2. The molecule has 0 saturated heterocycles. The van der Waals surface area contributed by atoms with Crippen LogP contribution in [0.3, 0.4) is 0 Å². The lowest BCUT2D eigenvalue weighted by Crippen LogP contribution is -2.38. The Kier molecular flexibility index (Phi) is 8.84. The Morgan fingerprint density at radius 1 is 1.16 bits per heavy atom. The number of nitriles is 1. The van der Waals surface area contributed by atoms with Gasteiger partial charge in [-0.25, -0.2) is 4.39 Å². The molecule has 11 nitrogen and oxygen atoms in total. The van der Waals surface area contributed by atoms with E-state index in [9.17, 15) is 19.2 Å². The summed E-state index contributed by atoms with van der Waals surface area (Å²) in [5.74, 6) is -0.694. The van der Waals surface area contributed by atoms with Crippen LogP contribution in [-0.2, 0) is 9.59 Å². The summed E-state index contributed by atoms with van der Waals surface area (Å²) in [6.07, 6.45) is 1.42. The lowest BCUT2D eigenvalue weighted by molar-refractivity contribution is -0.116. The number of thioether (sulfide) groups is 1. The molecule has 0 fully saturated rings. The fourth-order valence-electron chi connectivity index (χ4n) is 5.20. The number of ether oxygens (including phenoxy) is 3. The molecule has 43 heavy (non-hydrogen) atoms. The molecular weight excluding hydrogens is 595 g/mol. The van der Waals surface area contributed by atoms with Gasteiger partial charge in [0.05, 0.1) is 50.3 Å². The normalized spacial score (nSPS) is 16.5. The average Bonchev–Trinajstić information content (AvgIpc) is 3.48. The Morgan fingerprint density at radius 3 is 2.63 bits per heavy atom. The SMILES string of the molecule is COc1ccc(C2C(C#N)=C(N)N(c3nnc(SCC(=O)Nc4ccccc4F)s3)C3=C2C(=O)CCC3)c(OC)c1OC. The van der Waals surface area contributed by atoms with Crippen LogP contribution in [0, 0.1) is 17.1 Å². The number of Topliss-reactive ketones (excluding diaryl/α,β-unsaturated/α-hetero) is 1. The molecule has 1 aliphatic heterocycles. The Bertz CT molecular complexity index is 1700. The molecule has 1 aliphatic carbocycles. The van der Waals surface area contributed by atoms with E-state index in [1.165, 1.54) is 39.5 Å². The molecule has 2 aliphatic rings. The van der Waals surface area contributed by atoms with Crippen molar-refractivity contribution in [3.05, 3.63) is 70.4 Å². The maximum atomic E-state index is 13.9. The van der Waals surface area contributed by atoms with E-state index in [0.717, 1.165) is 23.1 Å². The van der Waals surface area contributed by atoms with Crippen molar-refractivity contribution in [1.82, 2.24) is 10.2 Å². The first-order valence-corrected chi connectivity index (χ1v) is 14.9. The number of halogens is 1. The predicted molar refractivity (Wildman–Crippen MR) is 160 cm³/mol. The minimum Gasteiger partial charge on any atom is -0.493 e. The van der Waals surface area contributed by atoms with Gasteiger partial charge < -0.3 is 25.3 Å². The van der Waals surface area contributed by atoms with Crippen molar-refractivity contribution in [3.63, 3.8) is 0 Å². The number of nitrogens with two attached hydrogens (primary N) is 1. The van der Waals surface area contributed by atoms with Crippen molar-refractivity contribution in [3.8, 4) is 23.3 Å². The number of hydrogen-bond donors (Lipinski definition) is 2. The molecule has 1 aromatic heterocycles. The first-order chi connectivity index (χ1) is 20.8. The second-order valence-corrected chi connectivity index (χ2v) is 11.6. The van der Waals surface area contributed by atoms with E-state index < -0.39 is 17.6 Å². The summed E-state index contributed by atoms with van der Waals surface area (Å²) in [6.45, 7) is 0. The summed E-state index contributed by atoms with van der Waals surface area (Å²) in [5, 5.41) is 21.7. The number of aromatic nitrogens is 2. The van der Waals surface area contributed by atoms with Crippen LogP contribution in [0.2, 0.25) is 0 Å². The Labute approximate surface area is 255 Å². The molecule has 3 aromatic rings. The lowest BCUT2D eigenvalue weighted by Gasteiger charge is -2.38. The highest BCUT2D eigenvalue weighted by atomic mass is 32.2. The summed E-state index contributed by atoms with van der Waals surface area (Å²) < 4.78 is 31.0. The first kappa shape index (κ1) is 29.9. The number of hydrogen-bond acceptors (Lipinski definition) is 12. The van der Waals surface area contributed by atoms with E-state index in [-0.39, 0.29) is 28.6 Å². The molecule has 0 spiro atoms. The standard InChI is InChI=1S/C29H27FN6O5S2/c1-39-21-12-11-15(25(40-2)26(21)41-3)23-16(13-31)27(32)36(19-9-6-10-20(37)24(19)23)28-34-35-29(43-28)42-14-22(38)33-18-8-5-4-7-17(18)30/h4-5,7-8,11-12,23H,6,9-10,14,32H2,1-3H3,(H,33,38). The van der Waals surface area contributed by atoms with Crippen LogP contribution in [0.4, 0.5) is 15.2 Å². The van der Waals surface area contributed by atoms with Crippen molar-refractivity contribution in [2.24, 2.45) is 5.73 Å². The van der Waals surface area contributed by atoms with Crippen LogP contribution in [0.25, 0.3) is 0 Å². The Morgan fingerprint density at radius 2 is 1.93 bits per heavy atom. The summed E-state index contributed by atoms with van der Waals surface area (Å²) >= 11 is 2.28. The molecule has 222 valence electrons. The van der Waals surface area contributed by atoms with Crippen molar-refractivity contribution in [2.75, 3.05) is 37.3 Å². The molecule has 0 bridgehead atoms. The topological polar surface area (TPSA) is 153 Å². The van der Waals surface area contributed by atoms with Gasteiger partial charge in [-0.05, 0) is 31.0 Å². The third-order valence-corrected chi connectivity index (χ3v) is 9.06. The molecule has 2 heterocycles. The van der Waals surface area contributed by atoms with Gasteiger partial charge in [-0.1, -0.05) is 41.3 Å². The fraction of sp³-hybridized carbons (Fsp3) is 0.276. The highest BCUT2D eigenvalue weighted by Gasteiger charge is 2.43. The Hall–Kier alpha value is -4.61. The molecule has 2 aromatic carbocycles. The number of carbonyl (C=O) groups excluding carboxylic acids is 2. The van der Waals surface area contributed by atoms with Crippen LogP contribution < -0.4 is 30.2 Å². The van der Waals surface area contributed by atoms with Crippen LogP contribution in [-0.4, -0.2) is 49.0 Å². The van der Waals surface area contributed by atoms with Gasteiger partial charge >= 0.3 is 0 Å². The number of amides is 1. The molecule has 3 N–H and O–H groups in total. The van der Waals surface area contributed by atoms with E-state index in [1.807, 2.05) is 0 Å². The van der Waals surface area contributed by atoms with E-state index >= 15 is 0 Å². The first-order valence-electron chi connectivity index (χ1n) is 13.1. The molecule has 1 unspecified atom stereocenters. The monoisotopic (exact) mass is 622 g/mol. The highest BCUT2D eigenvalue weighted by Crippen LogP contribution is 2.52. The summed E-state index contributed by atoms with van der Waals surface area (Å²) in [4.78, 5) is 27.6. The largest absolute Gasteiger partial charge is 0.493 e. The van der Waals surface area contributed by atoms with Crippen LogP contribution >= 0.6 is 23.1 Å². The fourth-order valence-corrected chi connectivity index (χ4v) is 6.88. The summed E-state index contributed by atoms with van der Waals surface area (Å²) in [5.41, 5.74) is 8.49. The van der Waals surface area contributed by atoms with E-state index in [0.29, 0.717) is 62.8 Å². The van der Waals surface area contributed by atoms with Gasteiger partial charge in [0.15, 0.2) is 21.6 Å². The summed E-state index contributed by atoms with van der Waals surface area (Å²) in [6, 6.07) is 11.5. The minimum atomic E-state index is -0.803. The second-order valence-electron chi connectivity index (χ2n) is 9.41. The molecule has 5 rings (SSSR count). The van der Waals surface area contributed by atoms with Gasteiger partial charge in [-0.2, -0.15) is 5.26 Å². The molecule has 1 amide bonds. The van der Waals surface area contributed by atoms with E-state index in [1.54, 1.807) is 23.1 Å². The third kappa shape index (κ3) is 5.61. The van der Waals surface area contributed by atoms with Crippen LogP contribution in [0.5, 0.6) is 17.2 Å². The number of anilines is 2. The van der Waals surface area contributed by atoms with Crippen molar-refractivity contribution in [1.29, 1.82) is 5.26 Å². The number of allylic oxidation sites excluding steroid dienone is 3. The van der Waals surface area contributed by atoms with Gasteiger partial charge in [0.25, 0.3) is 0 Å². The molecular formula is C29H27FN6O5S2. The molecule has 1 atom stereocenters. The van der Waals surface area contributed by atoms with Gasteiger partial charge in [0.2, 0.25) is 16.8 Å². The molecule has 14 heteroatoms. The van der Waals surface area contributed by atoms with Crippen LogP contribution in [0.15, 0.2) is 63.4 Å². The van der Waals surface area contributed by atoms with Gasteiger partial charge in [-0.15, -0.1) is 10.2 Å². The highest BCUT2D eigenvalue weighted by molar-refractivity contribution is 8.01. The second kappa shape index (κ2) is 12.7. The van der Waals surface area contributed by atoms with E-state index in [4.69, 9.17) is 19.9 Å². The molecule has 0 saturated carbocycles. The zero-order valence-corrected chi connectivity index (χ0v) is 25.1. The number of ketones is 1. The Balaban J connectivity index is 1.49. The molecule has 0 radical (unpaired) electrons. The van der Waals surface area contributed by atoms with Crippen LogP contribution in [0.1, 0.15) is 30.7 Å². The van der Waals surface area contributed by atoms with Gasteiger partial charge in [-0.3, -0.25) is 14.5 Å². The maximum absolute atomic E-state index is 13.9. The summed E-state index contributed by atoms with van der Waals surface area (Å²) in [7, 11) is 4.46. The predicted octanol–water partition coefficient (Wildman–Crippen LogP) is 4.74. The zero-order chi connectivity index (χ0) is 30.7. The zero-order valence-electron chi connectivity index (χ0n) is 23.5. The number of rotatable bonds is 9. The number of para-hydroxylation sites is 1. The van der Waals surface area contributed by atoms with Gasteiger partial charge in [0.1, 0.15) is 11.6 Å². The number of nitrogens with zero attached hydrogens (tertiary/aromatic N) is 4. The van der Waals surface area contributed by atoms with Gasteiger partial charge in [0, 0.05) is 23.3 Å². The average molecular weight is 623 g/mol. The number of nitrogens with one attached hydrogen (secondary N) is 1. The third-order valence-electron chi connectivity index (χ3n) is 7.02. The smallest absolute Gasteiger partial charge is 0.234 e. The quantitative estimate of drug-likeness (QED) is 0.318. The van der Waals surface area contributed by atoms with Crippen molar-refractivity contribution >= 4 is 45.6 Å². The minimum absolute atomic E-state index is 0.0364. The lowest BCUT2D eigenvalue weighted by atomic mass is 9.75. The van der Waals surface area contributed by atoms with E-state index in [2.05, 4.69) is 21.6 Å². The number of benzene rings is 2. The number of methoxy groups -OCH3 is 3. The van der Waals surface area contributed by atoms with Crippen molar-refractivity contribution < 1.29 is 28.2 Å². The maximum Gasteiger partial charge on any atom is 0.234 e.